The number of hydrogen-bond acceptors (Lipinski definition) is 4. The number of nitrogens with two attached hydrogens (primary N) is 1. The van der Waals surface area contributed by atoms with E-state index in [1.807, 2.05) is 38.1 Å². The number of allylic oxidation sites excluding steroid dienone is 1. The van der Waals surface area contributed by atoms with Gasteiger partial charge in [-0.3, -0.25) is 0 Å². The number of nitrogens with zero attached hydrogens (tertiary/aromatic N) is 2. The quantitative estimate of drug-likeness (QED) is 0.673. The molecule has 0 radical (unpaired) electrons. The summed E-state index contributed by atoms with van der Waals surface area (Å²) in [5.41, 5.74) is 8.36. The first kappa shape index (κ1) is 13.1. The van der Waals surface area contributed by atoms with E-state index >= 15 is 0 Å². The Bertz CT molecular complexity index is 588. The molecule has 98 valence electrons. The van der Waals surface area contributed by atoms with E-state index in [0.717, 1.165) is 17.0 Å². The fourth-order valence-electron chi connectivity index (χ4n) is 1.86. The summed E-state index contributed by atoms with van der Waals surface area (Å²) in [5.74, 6) is 1.97. The fourth-order valence-corrected chi connectivity index (χ4v) is 1.86. The van der Waals surface area contributed by atoms with Gasteiger partial charge in [-0.1, -0.05) is 6.08 Å². The van der Waals surface area contributed by atoms with E-state index < -0.39 is 0 Å². The summed E-state index contributed by atoms with van der Waals surface area (Å²) in [6.07, 6.45) is 2.52. The molecule has 0 unspecified atom stereocenters. The molecule has 0 atom stereocenters. The van der Waals surface area contributed by atoms with Crippen LogP contribution >= 0.6 is 0 Å². The smallest absolute Gasteiger partial charge is 0.222 e. The van der Waals surface area contributed by atoms with Crippen molar-refractivity contribution >= 4 is 5.69 Å². The van der Waals surface area contributed by atoms with Crippen molar-refractivity contribution in [2.45, 2.75) is 20.3 Å². The summed E-state index contributed by atoms with van der Waals surface area (Å²) in [6, 6.07) is 7.35. The molecule has 0 saturated heterocycles. The minimum absolute atomic E-state index is 0.542. The van der Waals surface area contributed by atoms with Gasteiger partial charge >= 0.3 is 0 Å². The van der Waals surface area contributed by atoms with E-state index in [1.165, 1.54) is 0 Å². The molecule has 0 aliphatic heterocycles. The second-order valence-electron chi connectivity index (χ2n) is 4.36. The Hall–Kier alpha value is -2.36. The number of aromatic nitrogens is 2. The number of aryl methyl sites for hydroxylation is 2. The molecule has 2 rings (SSSR count). The van der Waals surface area contributed by atoms with Gasteiger partial charge in [0.1, 0.15) is 11.6 Å². The van der Waals surface area contributed by atoms with Crippen LogP contribution in [0.5, 0.6) is 11.6 Å². The average molecular weight is 255 g/mol. The van der Waals surface area contributed by atoms with Gasteiger partial charge in [-0.25, -0.2) is 4.98 Å². The van der Waals surface area contributed by atoms with Crippen molar-refractivity contribution in [1.29, 1.82) is 0 Å². The van der Waals surface area contributed by atoms with Crippen molar-refractivity contribution in [3.05, 3.63) is 54.0 Å². The number of hydrogen-bond donors (Lipinski definition) is 1. The van der Waals surface area contributed by atoms with Gasteiger partial charge in [0.05, 0.1) is 0 Å². The van der Waals surface area contributed by atoms with Crippen LogP contribution in [-0.4, -0.2) is 9.97 Å². The maximum Gasteiger partial charge on any atom is 0.222 e. The van der Waals surface area contributed by atoms with Crippen LogP contribution in [0.4, 0.5) is 5.69 Å². The predicted octanol–water partition coefficient (Wildman–Crippen LogP) is 3.20. The second kappa shape index (κ2) is 5.52. The van der Waals surface area contributed by atoms with Crippen LogP contribution in [0.3, 0.4) is 0 Å². The molecular weight excluding hydrogens is 238 g/mol. The Labute approximate surface area is 113 Å². The number of nitrogen functional groups attached to an aromatic ring is 1. The highest BCUT2D eigenvalue weighted by Crippen LogP contribution is 2.27. The molecular formula is C15H17N3O. The number of benzene rings is 1. The molecule has 1 heterocycles. The molecule has 0 aliphatic carbocycles. The maximum atomic E-state index is 5.82. The van der Waals surface area contributed by atoms with Gasteiger partial charge in [0.25, 0.3) is 0 Å². The average Bonchev–Trinajstić information content (AvgIpc) is 2.32. The Morgan fingerprint density at radius 2 is 2.05 bits per heavy atom. The molecule has 4 heteroatoms. The SMILES string of the molecule is C=CCc1cc(N)ccc1Oc1cc(C)nc(C)n1. The second-order valence-corrected chi connectivity index (χ2v) is 4.36. The zero-order valence-corrected chi connectivity index (χ0v) is 11.2. The summed E-state index contributed by atoms with van der Waals surface area (Å²) in [4.78, 5) is 8.48. The monoisotopic (exact) mass is 255 g/mol. The summed E-state index contributed by atoms with van der Waals surface area (Å²) in [5, 5.41) is 0. The first-order chi connectivity index (χ1) is 9.08. The van der Waals surface area contributed by atoms with Crippen LogP contribution in [0.1, 0.15) is 17.1 Å². The lowest BCUT2D eigenvalue weighted by Crippen LogP contribution is -1.98. The third-order valence-electron chi connectivity index (χ3n) is 2.61. The van der Waals surface area contributed by atoms with Crippen LogP contribution < -0.4 is 10.5 Å². The topological polar surface area (TPSA) is 61.0 Å². The normalized spacial score (nSPS) is 10.2. The molecule has 0 spiro atoms. The minimum atomic E-state index is 0.542. The molecule has 2 aromatic rings. The van der Waals surface area contributed by atoms with E-state index in [-0.39, 0.29) is 0 Å². The van der Waals surface area contributed by atoms with Gasteiger partial charge in [-0.15, -0.1) is 6.58 Å². The Morgan fingerprint density at radius 3 is 2.74 bits per heavy atom. The van der Waals surface area contributed by atoms with Gasteiger partial charge in [-0.2, -0.15) is 4.98 Å². The van der Waals surface area contributed by atoms with Crippen molar-refractivity contribution in [1.82, 2.24) is 9.97 Å². The standard InChI is InChI=1S/C15H17N3O/c1-4-5-12-9-13(16)6-7-14(12)19-15-8-10(2)17-11(3)18-15/h4,6-9H,1,5,16H2,2-3H3. The van der Waals surface area contributed by atoms with Gasteiger partial charge in [0, 0.05) is 23.0 Å². The summed E-state index contributed by atoms with van der Waals surface area (Å²) in [7, 11) is 0. The van der Waals surface area contributed by atoms with Crippen LogP contribution in [0.2, 0.25) is 0 Å². The molecule has 1 aromatic carbocycles. The summed E-state index contributed by atoms with van der Waals surface area (Å²) >= 11 is 0. The Balaban J connectivity index is 2.34. The van der Waals surface area contributed by atoms with Crippen molar-refractivity contribution in [3.63, 3.8) is 0 Å². The lowest BCUT2D eigenvalue weighted by Gasteiger charge is -2.11. The number of ether oxygens (including phenoxy) is 1. The first-order valence-corrected chi connectivity index (χ1v) is 6.08. The minimum Gasteiger partial charge on any atom is -0.439 e. The van der Waals surface area contributed by atoms with E-state index in [2.05, 4.69) is 16.5 Å². The highest BCUT2D eigenvalue weighted by Gasteiger charge is 2.07. The van der Waals surface area contributed by atoms with Gasteiger partial charge in [0.2, 0.25) is 5.88 Å². The molecule has 19 heavy (non-hydrogen) atoms. The van der Waals surface area contributed by atoms with Crippen molar-refractivity contribution in [2.75, 3.05) is 5.73 Å². The van der Waals surface area contributed by atoms with E-state index in [9.17, 15) is 0 Å². The highest BCUT2D eigenvalue weighted by molar-refractivity contribution is 5.49. The van der Waals surface area contributed by atoms with Crippen LogP contribution in [0, 0.1) is 13.8 Å². The summed E-state index contributed by atoms with van der Waals surface area (Å²) in [6.45, 7) is 7.49. The van der Waals surface area contributed by atoms with Crippen LogP contribution in [0.25, 0.3) is 0 Å². The lowest BCUT2D eigenvalue weighted by molar-refractivity contribution is 0.454. The third kappa shape index (κ3) is 3.31. The predicted molar refractivity (Wildman–Crippen MR) is 76.3 cm³/mol. The molecule has 0 fully saturated rings. The molecule has 0 bridgehead atoms. The van der Waals surface area contributed by atoms with E-state index in [4.69, 9.17) is 10.5 Å². The Kier molecular flexibility index (Phi) is 3.80. The molecule has 2 N–H and O–H groups in total. The van der Waals surface area contributed by atoms with Gasteiger partial charge in [0.15, 0.2) is 0 Å². The van der Waals surface area contributed by atoms with Gasteiger partial charge in [-0.05, 0) is 38.5 Å². The largest absolute Gasteiger partial charge is 0.439 e. The summed E-state index contributed by atoms with van der Waals surface area (Å²) < 4.78 is 5.82. The van der Waals surface area contributed by atoms with Crippen molar-refractivity contribution in [2.24, 2.45) is 0 Å². The molecule has 4 nitrogen and oxygen atoms in total. The maximum absolute atomic E-state index is 5.82. The highest BCUT2D eigenvalue weighted by atomic mass is 16.5. The number of rotatable bonds is 4. The van der Waals surface area contributed by atoms with Crippen LogP contribution in [-0.2, 0) is 6.42 Å². The molecule has 0 aliphatic rings. The van der Waals surface area contributed by atoms with E-state index in [1.54, 1.807) is 6.07 Å². The number of anilines is 1. The van der Waals surface area contributed by atoms with Gasteiger partial charge < -0.3 is 10.5 Å². The molecule has 1 aromatic heterocycles. The fraction of sp³-hybridized carbons (Fsp3) is 0.200. The van der Waals surface area contributed by atoms with Crippen molar-refractivity contribution in [3.8, 4) is 11.6 Å². The third-order valence-corrected chi connectivity index (χ3v) is 2.61. The first-order valence-electron chi connectivity index (χ1n) is 6.08. The molecule has 0 amide bonds. The van der Waals surface area contributed by atoms with Crippen molar-refractivity contribution < 1.29 is 4.74 Å². The zero-order valence-electron chi connectivity index (χ0n) is 11.2. The lowest BCUT2D eigenvalue weighted by atomic mass is 10.1. The van der Waals surface area contributed by atoms with Crippen LogP contribution in [0.15, 0.2) is 36.9 Å². The molecule has 0 saturated carbocycles. The Morgan fingerprint density at radius 1 is 1.26 bits per heavy atom. The van der Waals surface area contributed by atoms with E-state index in [0.29, 0.717) is 23.8 Å². The zero-order chi connectivity index (χ0) is 13.8.